The molecule has 33 heavy (non-hydrogen) atoms. The van der Waals surface area contributed by atoms with Gasteiger partial charge in [-0.2, -0.15) is 15.0 Å². The maximum atomic E-state index is 12.7. The van der Waals surface area contributed by atoms with Gasteiger partial charge in [0, 0.05) is 19.5 Å². The normalized spacial score (nSPS) is 13.9. The molecule has 9 nitrogen and oxygen atoms in total. The lowest BCUT2D eigenvalue weighted by atomic mass is 10.1. The van der Waals surface area contributed by atoms with Crippen molar-refractivity contribution >= 4 is 51.6 Å². The SMILES string of the molecule is Cc1cccc(Cl)c1NC(=O)c1cnc(Nc2nc(CC(C)C)nc(N3CCOCC3)n2)s1. The second-order valence-corrected chi connectivity index (χ2v) is 9.55. The highest BCUT2D eigenvalue weighted by Crippen LogP contribution is 2.28. The molecule has 0 saturated carbocycles. The number of amides is 1. The van der Waals surface area contributed by atoms with Crippen LogP contribution in [0.5, 0.6) is 0 Å². The van der Waals surface area contributed by atoms with E-state index >= 15 is 0 Å². The van der Waals surface area contributed by atoms with Gasteiger partial charge in [-0.15, -0.1) is 0 Å². The third kappa shape index (κ3) is 5.95. The highest BCUT2D eigenvalue weighted by Gasteiger charge is 2.19. The first-order valence-electron chi connectivity index (χ1n) is 10.8. The van der Waals surface area contributed by atoms with Crippen LogP contribution in [0.1, 0.15) is 34.9 Å². The number of carbonyl (C=O) groups excluding carboxylic acids is 1. The summed E-state index contributed by atoms with van der Waals surface area (Å²) in [6, 6.07) is 5.48. The number of anilines is 4. The summed E-state index contributed by atoms with van der Waals surface area (Å²) in [6.45, 7) is 8.88. The number of halogens is 1. The van der Waals surface area contributed by atoms with E-state index in [-0.39, 0.29) is 5.91 Å². The lowest BCUT2D eigenvalue weighted by Gasteiger charge is -2.27. The monoisotopic (exact) mass is 487 g/mol. The molecular weight excluding hydrogens is 462 g/mol. The minimum absolute atomic E-state index is 0.276. The van der Waals surface area contributed by atoms with Crippen LogP contribution in [0.2, 0.25) is 5.02 Å². The second kappa shape index (κ2) is 10.4. The molecule has 1 aliphatic rings. The third-order valence-electron chi connectivity index (χ3n) is 4.96. The van der Waals surface area contributed by atoms with Gasteiger partial charge in [-0.05, 0) is 24.5 Å². The van der Waals surface area contributed by atoms with Crippen LogP contribution in [0.15, 0.2) is 24.4 Å². The van der Waals surface area contributed by atoms with E-state index < -0.39 is 0 Å². The number of thiazole rings is 1. The number of morpholine rings is 1. The molecular formula is C22H26ClN7O2S. The number of para-hydroxylation sites is 1. The molecule has 3 aromatic rings. The molecule has 4 rings (SSSR count). The number of carbonyl (C=O) groups is 1. The molecule has 0 aliphatic carbocycles. The van der Waals surface area contributed by atoms with E-state index in [2.05, 4.69) is 49.3 Å². The van der Waals surface area contributed by atoms with Gasteiger partial charge in [0.25, 0.3) is 5.91 Å². The fourth-order valence-corrected chi connectivity index (χ4v) is 4.30. The first-order chi connectivity index (χ1) is 15.9. The van der Waals surface area contributed by atoms with Gasteiger partial charge in [0.05, 0.1) is 30.1 Å². The Bertz CT molecular complexity index is 1110. The maximum absolute atomic E-state index is 12.7. The minimum Gasteiger partial charge on any atom is -0.378 e. The van der Waals surface area contributed by atoms with Crippen molar-refractivity contribution in [3.63, 3.8) is 0 Å². The zero-order valence-electron chi connectivity index (χ0n) is 18.8. The van der Waals surface area contributed by atoms with Crippen molar-refractivity contribution in [2.45, 2.75) is 27.2 Å². The molecule has 0 bridgehead atoms. The lowest BCUT2D eigenvalue weighted by Crippen LogP contribution is -2.37. The molecule has 2 aromatic heterocycles. The Balaban J connectivity index is 1.52. The van der Waals surface area contributed by atoms with Crippen molar-refractivity contribution in [3.8, 4) is 0 Å². The van der Waals surface area contributed by atoms with Crippen molar-refractivity contribution in [3.05, 3.63) is 45.7 Å². The molecule has 174 valence electrons. The van der Waals surface area contributed by atoms with Crippen LogP contribution in [0.25, 0.3) is 0 Å². The minimum atomic E-state index is -0.276. The van der Waals surface area contributed by atoms with Crippen LogP contribution < -0.4 is 15.5 Å². The summed E-state index contributed by atoms with van der Waals surface area (Å²) in [7, 11) is 0. The van der Waals surface area contributed by atoms with E-state index in [4.69, 9.17) is 16.3 Å². The van der Waals surface area contributed by atoms with Crippen LogP contribution in [0.3, 0.4) is 0 Å². The first-order valence-corrected chi connectivity index (χ1v) is 12.0. The summed E-state index contributed by atoms with van der Waals surface area (Å²) in [5, 5.41) is 7.02. The summed E-state index contributed by atoms with van der Waals surface area (Å²) < 4.78 is 5.44. The van der Waals surface area contributed by atoms with Crippen LogP contribution >= 0.6 is 22.9 Å². The molecule has 0 atom stereocenters. The molecule has 0 unspecified atom stereocenters. The molecule has 1 aromatic carbocycles. The number of nitrogens with one attached hydrogen (secondary N) is 2. The smallest absolute Gasteiger partial charge is 0.267 e. The molecule has 1 saturated heterocycles. The largest absolute Gasteiger partial charge is 0.378 e. The molecule has 0 radical (unpaired) electrons. The van der Waals surface area contributed by atoms with E-state index in [1.807, 2.05) is 19.1 Å². The van der Waals surface area contributed by atoms with Gasteiger partial charge >= 0.3 is 0 Å². The van der Waals surface area contributed by atoms with Gasteiger partial charge in [0.2, 0.25) is 11.9 Å². The molecule has 1 fully saturated rings. The van der Waals surface area contributed by atoms with Gasteiger partial charge in [-0.25, -0.2) is 4.98 Å². The van der Waals surface area contributed by atoms with E-state index in [0.717, 1.165) is 25.1 Å². The molecule has 2 N–H and O–H groups in total. The summed E-state index contributed by atoms with van der Waals surface area (Å²) >= 11 is 7.45. The number of rotatable bonds is 7. The van der Waals surface area contributed by atoms with Gasteiger partial charge < -0.3 is 15.0 Å². The molecule has 1 aliphatic heterocycles. The Morgan fingerprint density at radius 3 is 2.76 bits per heavy atom. The molecule has 0 spiro atoms. The predicted molar refractivity (Wildman–Crippen MR) is 131 cm³/mol. The summed E-state index contributed by atoms with van der Waals surface area (Å²) in [6.07, 6.45) is 2.25. The number of aryl methyl sites for hydroxylation is 1. The fourth-order valence-electron chi connectivity index (χ4n) is 3.32. The van der Waals surface area contributed by atoms with Gasteiger partial charge in [-0.3, -0.25) is 10.1 Å². The maximum Gasteiger partial charge on any atom is 0.267 e. The summed E-state index contributed by atoms with van der Waals surface area (Å²) in [5.41, 5.74) is 1.48. The van der Waals surface area contributed by atoms with Crippen molar-refractivity contribution in [2.24, 2.45) is 5.92 Å². The van der Waals surface area contributed by atoms with Crippen molar-refractivity contribution in [2.75, 3.05) is 41.8 Å². The van der Waals surface area contributed by atoms with E-state index in [0.29, 0.717) is 57.6 Å². The Morgan fingerprint density at radius 1 is 1.24 bits per heavy atom. The number of ether oxygens (including phenoxy) is 1. The second-order valence-electron chi connectivity index (χ2n) is 8.11. The number of hydrogen-bond acceptors (Lipinski definition) is 9. The van der Waals surface area contributed by atoms with E-state index in [9.17, 15) is 4.79 Å². The molecule has 3 heterocycles. The number of aromatic nitrogens is 4. The number of hydrogen-bond donors (Lipinski definition) is 2. The number of benzene rings is 1. The molecule has 1 amide bonds. The van der Waals surface area contributed by atoms with Crippen molar-refractivity contribution in [1.29, 1.82) is 0 Å². The highest BCUT2D eigenvalue weighted by atomic mass is 35.5. The van der Waals surface area contributed by atoms with Crippen LogP contribution in [-0.4, -0.2) is 52.1 Å². The number of nitrogens with zero attached hydrogens (tertiary/aromatic N) is 5. The average molecular weight is 488 g/mol. The Kier molecular flexibility index (Phi) is 7.36. The van der Waals surface area contributed by atoms with Gasteiger partial charge in [0.1, 0.15) is 10.7 Å². The van der Waals surface area contributed by atoms with Crippen LogP contribution in [0.4, 0.5) is 22.7 Å². The summed E-state index contributed by atoms with van der Waals surface area (Å²) in [4.78, 5) is 33.4. The van der Waals surface area contributed by atoms with Crippen molar-refractivity contribution < 1.29 is 9.53 Å². The Hall–Kier alpha value is -2.82. The van der Waals surface area contributed by atoms with Gasteiger partial charge in [0.15, 0.2) is 5.13 Å². The predicted octanol–water partition coefficient (Wildman–Crippen LogP) is 4.32. The van der Waals surface area contributed by atoms with E-state index in [1.54, 1.807) is 6.07 Å². The lowest BCUT2D eigenvalue weighted by molar-refractivity contribution is 0.103. The Labute approximate surface area is 201 Å². The van der Waals surface area contributed by atoms with E-state index in [1.165, 1.54) is 17.5 Å². The Morgan fingerprint density at radius 2 is 2.03 bits per heavy atom. The van der Waals surface area contributed by atoms with Crippen molar-refractivity contribution in [1.82, 2.24) is 19.9 Å². The highest BCUT2D eigenvalue weighted by molar-refractivity contribution is 7.17. The standard InChI is InChI=1S/C22H26ClN7O2S/c1-13(2)11-17-25-20(28-21(26-17)30-7-9-32-10-8-30)29-22-24-12-16(33-22)19(31)27-18-14(3)5-4-6-15(18)23/h4-6,12-13H,7-11H2,1-3H3,(H,27,31)(H,24,25,26,28,29). The zero-order valence-corrected chi connectivity index (χ0v) is 20.3. The average Bonchev–Trinajstić information content (AvgIpc) is 3.25. The first kappa shape index (κ1) is 23.3. The van der Waals surface area contributed by atoms with Crippen LogP contribution in [-0.2, 0) is 11.2 Å². The van der Waals surface area contributed by atoms with Crippen LogP contribution in [0, 0.1) is 12.8 Å². The quantitative estimate of drug-likeness (QED) is 0.507. The summed E-state index contributed by atoms with van der Waals surface area (Å²) in [5.74, 6) is 1.87. The zero-order chi connectivity index (χ0) is 23.4. The fraction of sp³-hybridized carbons (Fsp3) is 0.409. The van der Waals surface area contributed by atoms with Gasteiger partial charge in [-0.1, -0.05) is 48.9 Å². The topological polar surface area (TPSA) is 105 Å². The molecule has 11 heteroatoms. The third-order valence-corrected chi connectivity index (χ3v) is 6.19.